The number of nitrogens with two attached hydrogens (primary N) is 1. The van der Waals surface area contributed by atoms with Gasteiger partial charge in [-0.3, -0.25) is 4.79 Å². The molecule has 0 spiro atoms. The maximum atomic E-state index is 11.6. The second-order valence-electron chi connectivity index (χ2n) is 2.94. The molecule has 0 heterocycles. The lowest BCUT2D eigenvalue weighted by atomic mass is 10.1. The number of rotatable bonds is 4. The predicted molar refractivity (Wildman–Crippen MR) is 41.9 cm³/mol. The molecule has 1 unspecified atom stereocenters. The van der Waals surface area contributed by atoms with E-state index in [-0.39, 0.29) is 12.3 Å². The minimum atomic E-state index is -4.35. The summed E-state index contributed by atoms with van der Waals surface area (Å²) < 4.78 is 34.8. The van der Waals surface area contributed by atoms with Crippen molar-refractivity contribution in [3.63, 3.8) is 0 Å². The van der Waals surface area contributed by atoms with Crippen LogP contribution in [0.4, 0.5) is 13.2 Å². The highest BCUT2D eigenvalue weighted by Gasteiger charge is 2.27. The highest BCUT2D eigenvalue weighted by atomic mass is 19.4. The Bertz CT molecular complexity index is 170. The number of carbonyl (C=O) groups is 1. The van der Waals surface area contributed by atoms with Crippen molar-refractivity contribution in [1.82, 2.24) is 5.32 Å². The molecule has 0 rings (SSSR count). The Hall–Kier alpha value is -0.780. The summed E-state index contributed by atoms with van der Waals surface area (Å²) in [5, 5.41) is 1.77. The Morgan fingerprint density at radius 3 is 2.46 bits per heavy atom. The molecule has 1 atom stereocenters. The first-order valence-electron chi connectivity index (χ1n) is 3.88. The fourth-order valence-electron chi connectivity index (χ4n) is 0.671. The zero-order valence-electron chi connectivity index (χ0n) is 7.32. The smallest absolute Gasteiger partial charge is 0.347 e. The second-order valence-corrected chi connectivity index (χ2v) is 2.94. The van der Waals surface area contributed by atoms with E-state index >= 15 is 0 Å². The molecular formula is C7H13F3N2O. The normalized spacial score (nSPS) is 13.9. The SMILES string of the molecule is CC(CN)CC(=O)NCC(F)(F)F. The van der Waals surface area contributed by atoms with Crippen LogP contribution in [0.15, 0.2) is 0 Å². The third-order valence-electron chi connectivity index (χ3n) is 1.42. The van der Waals surface area contributed by atoms with Crippen molar-refractivity contribution in [2.45, 2.75) is 19.5 Å². The van der Waals surface area contributed by atoms with Crippen LogP contribution < -0.4 is 11.1 Å². The van der Waals surface area contributed by atoms with Gasteiger partial charge in [0.05, 0.1) is 0 Å². The summed E-state index contributed by atoms with van der Waals surface area (Å²) in [7, 11) is 0. The maximum Gasteiger partial charge on any atom is 0.405 e. The molecule has 6 heteroatoms. The zero-order valence-corrected chi connectivity index (χ0v) is 7.32. The van der Waals surface area contributed by atoms with Gasteiger partial charge in [0, 0.05) is 6.42 Å². The zero-order chi connectivity index (χ0) is 10.5. The van der Waals surface area contributed by atoms with E-state index < -0.39 is 18.6 Å². The lowest BCUT2D eigenvalue weighted by Gasteiger charge is -2.10. The monoisotopic (exact) mass is 198 g/mol. The van der Waals surface area contributed by atoms with E-state index in [9.17, 15) is 18.0 Å². The van der Waals surface area contributed by atoms with Gasteiger partial charge >= 0.3 is 6.18 Å². The molecule has 1 amide bonds. The third kappa shape index (κ3) is 7.58. The predicted octanol–water partition coefficient (Wildman–Crippen LogP) is 0.650. The molecule has 0 aliphatic carbocycles. The van der Waals surface area contributed by atoms with Gasteiger partial charge in [-0.1, -0.05) is 6.92 Å². The Labute approximate surface area is 74.5 Å². The molecule has 3 N–H and O–H groups in total. The molecule has 0 bridgehead atoms. The van der Waals surface area contributed by atoms with E-state index in [0.717, 1.165) is 0 Å². The quantitative estimate of drug-likeness (QED) is 0.696. The Kier molecular flexibility index (Phi) is 4.76. The van der Waals surface area contributed by atoms with Crippen LogP contribution in [-0.2, 0) is 4.79 Å². The van der Waals surface area contributed by atoms with Crippen molar-refractivity contribution in [3.05, 3.63) is 0 Å². The highest BCUT2D eigenvalue weighted by molar-refractivity contribution is 5.76. The molecule has 0 aliphatic rings. The highest BCUT2D eigenvalue weighted by Crippen LogP contribution is 2.12. The Morgan fingerprint density at radius 1 is 1.54 bits per heavy atom. The van der Waals surface area contributed by atoms with Crippen LogP contribution in [0.5, 0.6) is 0 Å². The van der Waals surface area contributed by atoms with Crippen LogP contribution in [0.25, 0.3) is 0 Å². The Balaban J connectivity index is 3.64. The van der Waals surface area contributed by atoms with Gasteiger partial charge in [0.2, 0.25) is 5.91 Å². The van der Waals surface area contributed by atoms with E-state index in [2.05, 4.69) is 0 Å². The van der Waals surface area contributed by atoms with Gasteiger partial charge in [-0.15, -0.1) is 0 Å². The van der Waals surface area contributed by atoms with E-state index in [1.165, 1.54) is 0 Å². The number of hydrogen-bond acceptors (Lipinski definition) is 2. The van der Waals surface area contributed by atoms with Crippen LogP contribution in [0.1, 0.15) is 13.3 Å². The van der Waals surface area contributed by atoms with Crippen molar-refractivity contribution in [1.29, 1.82) is 0 Å². The summed E-state index contributed by atoms with van der Waals surface area (Å²) in [6.45, 7) is 0.718. The summed E-state index contributed by atoms with van der Waals surface area (Å²) in [6, 6.07) is 0. The van der Waals surface area contributed by atoms with Crippen LogP contribution in [0.2, 0.25) is 0 Å². The second kappa shape index (κ2) is 5.06. The number of hydrogen-bond donors (Lipinski definition) is 2. The third-order valence-corrected chi connectivity index (χ3v) is 1.42. The van der Waals surface area contributed by atoms with Gasteiger partial charge in [0.15, 0.2) is 0 Å². The lowest BCUT2D eigenvalue weighted by Crippen LogP contribution is -2.35. The fraction of sp³-hybridized carbons (Fsp3) is 0.857. The molecule has 78 valence electrons. The van der Waals surface area contributed by atoms with Gasteiger partial charge in [-0.05, 0) is 12.5 Å². The van der Waals surface area contributed by atoms with Crippen LogP contribution in [-0.4, -0.2) is 25.2 Å². The summed E-state index contributed by atoms with van der Waals surface area (Å²) in [5.41, 5.74) is 5.20. The van der Waals surface area contributed by atoms with Crippen LogP contribution >= 0.6 is 0 Å². The minimum absolute atomic E-state index is 0.0343. The molecule has 0 aliphatic heterocycles. The number of alkyl halides is 3. The van der Waals surface area contributed by atoms with E-state index in [4.69, 9.17) is 5.73 Å². The largest absolute Gasteiger partial charge is 0.405 e. The summed E-state index contributed by atoms with van der Waals surface area (Å²) in [5.74, 6) is -0.705. The first-order chi connectivity index (χ1) is 5.85. The van der Waals surface area contributed by atoms with Gasteiger partial charge in [0.1, 0.15) is 6.54 Å². The average molecular weight is 198 g/mol. The summed E-state index contributed by atoms with van der Waals surface area (Å²) in [4.78, 5) is 10.8. The first-order valence-corrected chi connectivity index (χ1v) is 3.88. The maximum absolute atomic E-state index is 11.6. The van der Waals surface area contributed by atoms with Crippen molar-refractivity contribution in [3.8, 4) is 0 Å². The van der Waals surface area contributed by atoms with E-state index in [1.807, 2.05) is 0 Å². The summed E-state index contributed by atoms with van der Waals surface area (Å²) >= 11 is 0. The molecule has 0 fully saturated rings. The minimum Gasteiger partial charge on any atom is -0.347 e. The van der Waals surface area contributed by atoms with Crippen molar-refractivity contribution in [2.24, 2.45) is 11.7 Å². The fourth-order valence-corrected chi connectivity index (χ4v) is 0.671. The van der Waals surface area contributed by atoms with Gasteiger partial charge < -0.3 is 11.1 Å². The summed E-state index contributed by atoms with van der Waals surface area (Å²) in [6.07, 6.45) is -4.31. The molecule has 3 nitrogen and oxygen atoms in total. The molecule has 0 radical (unpaired) electrons. The molecule has 0 saturated carbocycles. The van der Waals surface area contributed by atoms with Crippen molar-refractivity contribution in [2.75, 3.05) is 13.1 Å². The van der Waals surface area contributed by atoms with Gasteiger partial charge in [0.25, 0.3) is 0 Å². The van der Waals surface area contributed by atoms with Crippen molar-refractivity contribution < 1.29 is 18.0 Å². The first kappa shape index (κ1) is 12.2. The molecule has 0 aromatic rings. The molecule has 0 saturated heterocycles. The Morgan fingerprint density at radius 2 is 2.08 bits per heavy atom. The van der Waals surface area contributed by atoms with Crippen LogP contribution in [0.3, 0.4) is 0 Å². The topological polar surface area (TPSA) is 55.1 Å². The van der Waals surface area contributed by atoms with E-state index in [1.54, 1.807) is 12.2 Å². The molecule has 0 aromatic carbocycles. The number of halogens is 3. The molecular weight excluding hydrogens is 185 g/mol. The lowest BCUT2D eigenvalue weighted by molar-refractivity contribution is -0.138. The number of amides is 1. The number of nitrogens with one attached hydrogen (secondary N) is 1. The number of carbonyl (C=O) groups excluding carboxylic acids is 1. The van der Waals surface area contributed by atoms with E-state index in [0.29, 0.717) is 6.54 Å². The van der Waals surface area contributed by atoms with Crippen LogP contribution in [0, 0.1) is 5.92 Å². The standard InChI is InChI=1S/C7H13F3N2O/c1-5(3-11)2-6(13)12-4-7(8,9)10/h5H,2-4,11H2,1H3,(H,12,13). The average Bonchev–Trinajstić information content (AvgIpc) is 1.99. The van der Waals surface area contributed by atoms with Gasteiger partial charge in [-0.25, -0.2) is 0 Å². The molecule has 13 heavy (non-hydrogen) atoms. The van der Waals surface area contributed by atoms with Gasteiger partial charge in [-0.2, -0.15) is 13.2 Å². The molecule has 0 aromatic heterocycles. The van der Waals surface area contributed by atoms with Crippen molar-refractivity contribution >= 4 is 5.91 Å².